The summed E-state index contributed by atoms with van der Waals surface area (Å²) in [5.74, 6) is -0.666. The van der Waals surface area contributed by atoms with E-state index in [4.69, 9.17) is 9.47 Å². The molecular weight excluding hydrogens is 445 g/mol. The number of carbonyl (C=O) groups excluding carboxylic acids is 2. The molecule has 1 aromatic heterocycles. The van der Waals surface area contributed by atoms with Gasteiger partial charge in [-0.1, -0.05) is 6.07 Å². The van der Waals surface area contributed by atoms with Gasteiger partial charge in [0.1, 0.15) is 0 Å². The number of carbonyl (C=O) groups is 2. The number of hydrogen-bond donors (Lipinski definition) is 0. The molecule has 0 N–H and O–H groups in total. The van der Waals surface area contributed by atoms with E-state index in [1.165, 1.54) is 0 Å². The molecule has 0 unspecified atom stereocenters. The van der Waals surface area contributed by atoms with Crippen LogP contribution in [0.2, 0.25) is 0 Å². The van der Waals surface area contributed by atoms with Crippen molar-refractivity contribution in [1.29, 1.82) is 0 Å². The normalized spacial score (nSPS) is 16.7. The van der Waals surface area contributed by atoms with Gasteiger partial charge in [0.25, 0.3) is 0 Å². The minimum atomic E-state index is -0.481. The van der Waals surface area contributed by atoms with E-state index in [9.17, 15) is 9.59 Å². The second-order valence-corrected chi connectivity index (χ2v) is 7.79. The quantitative estimate of drug-likeness (QED) is 0.367. The van der Waals surface area contributed by atoms with Crippen molar-refractivity contribution in [2.75, 3.05) is 13.2 Å². The third-order valence-electron chi connectivity index (χ3n) is 4.68. The fourth-order valence-electron chi connectivity index (χ4n) is 3.26. The van der Waals surface area contributed by atoms with Crippen LogP contribution in [0.1, 0.15) is 44.9 Å². The molecule has 6 heteroatoms. The van der Waals surface area contributed by atoms with Gasteiger partial charge < -0.3 is 14.0 Å². The molecule has 138 valence electrons. The average Bonchev–Trinajstić information content (AvgIpc) is 3.23. The van der Waals surface area contributed by atoms with Crippen molar-refractivity contribution >= 4 is 34.3 Å². The van der Waals surface area contributed by atoms with Crippen LogP contribution in [0.15, 0.2) is 30.3 Å². The third-order valence-corrected chi connectivity index (χ3v) is 5.35. The van der Waals surface area contributed by atoms with Gasteiger partial charge in [0.2, 0.25) is 5.78 Å². The molecule has 0 amide bonds. The fourth-order valence-corrected chi connectivity index (χ4v) is 3.81. The Balaban J connectivity index is 1.65. The van der Waals surface area contributed by atoms with Crippen LogP contribution in [-0.2, 0) is 16.0 Å². The first-order chi connectivity index (χ1) is 12.5. The van der Waals surface area contributed by atoms with E-state index in [0.717, 1.165) is 41.0 Å². The lowest BCUT2D eigenvalue weighted by Crippen LogP contribution is -2.18. The van der Waals surface area contributed by atoms with Crippen LogP contribution in [0.25, 0.3) is 0 Å². The third kappa shape index (κ3) is 4.35. The van der Waals surface area contributed by atoms with Gasteiger partial charge >= 0.3 is 5.97 Å². The summed E-state index contributed by atoms with van der Waals surface area (Å²) in [6.45, 7) is 5.22. The summed E-state index contributed by atoms with van der Waals surface area (Å²) in [4.78, 5) is 24.7. The van der Waals surface area contributed by atoms with E-state index in [-0.39, 0.29) is 18.5 Å². The predicted octanol–water partition coefficient (Wildman–Crippen LogP) is 3.93. The lowest BCUT2D eigenvalue weighted by Gasteiger charge is -2.14. The second-order valence-electron chi connectivity index (χ2n) is 6.54. The molecule has 3 rings (SSSR count). The number of Topliss-reactive ketones (excluding diaryl/α,β-unsaturated/α-hetero) is 1. The van der Waals surface area contributed by atoms with Crippen LogP contribution in [-0.4, -0.2) is 35.6 Å². The number of nitrogens with zero attached hydrogens (tertiary/aromatic N) is 1. The topological polar surface area (TPSA) is 57.5 Å². The SMILES string of the molecule is Cc1cc(C(=O)COC(=O)c2cccc(I)c2)c(C)n1C[C@H]1CCCO1. The highest BCUT2D eigenvalue weighted by Gasteiger charge is 2.21. The van der Waals surface area contributed by atoms with E-state index in [1.807, 2.05) is 26.0 Å². The number of hydrogen-bond acceptors (Lipinski definition) is 4. The molecule has 1 atom stereocenters. The molecule has 0 saturated carbocycles. The summed E-state index contributed by atoms with van der Waals surface area (Å²) < 4.78 is 14.0. The number of benzene rings is 1. The molecule has 5 nitrogen and oxygen atoms in total. The minimum Gasteiger partial charge on any atom is -0.454 e. The maximum Gasteiger partial charge on any atom is 0.338 e. The standard InChI is InChI=1S/C20H22INO4/c1-13-9-18(14(2)22(13)11-17-7-4-8-25-17)19(23)12-26-20(24)15-5-3-6-16(21)10-15/h3,5-6,9-10,17H,4,7-8,11-12H2,1-2H3/t17-/m1/s1. The van der Waals surface area contributed by atoms with Crippen molar-refractivity contribution in [2.45, 2.75) is 39.3 Å². The largest absolute Gasteiger partial charge is 0.454 e. The molecule has 2 aromatic rings. The van der Waals surface area contributed by atoms with Gasteiger partial charge in [-0.05, 0) is 73.5 Å². The number of esters is 1. The zero-order valence-electron chi connectivity index (χ0n) is 15.0. The second kappa shape index (κ2) is 8.35. The molecule has 0 aliphatic carbocycles. The van der Waals surface area contributed by atoms with Gasteiger partial charge in [0.15, 0.2) is 6.61 Å². The van der Waals surface area contributed by atoms with Gasteiger partial charge in [0, 0.05) is 33.7 Å². The first kappa shape index (κ1) is 19.1. The van der Waals surface area contributed by atoms with Crippen molar-refractivity contribution < 1.29 is 19.1 Å². The number of ether oxygens (including phenoxy) is 2. The molecule has 1 aromatic carbocycles. The lowest BCUT2D eigenvalue weighted by molar-refractivity contribution is 0.0474. The first-order valence-electron chi connectivity index (χ1n) is 8.70. The van der Waals surface area contributed by atoms with E-state index in [2.05, 4.69) is 27.2 Å². The lowest BCUT2D eigenvalue weighted by atomic mass is 10.1. The summed E-state index contributed by atoms with van der Waals surface area (Å²) in [6.07, 6.45) is 2.35. The van der Waals surface area contributed by atoms with Crippen molar-refractivity contribution in [3.63, 3.8) is 0 Å². The highest BCUT2D eigenvalue weighted by atomic mass is 127. The van der Waals surface area contributed by atoms with E-state index >= 15 is 0 Å². The summed E-state index contributed by atoms with van der Waals surface area (Å²) in [5, 5.41) is 0. The number of aromatic nitrogens is 1. The number of halogens is 1. The van der Waals surface area contributed by atoms with Gasteiger partial charge in [-0.25, -0.2) is 4.79 Å². The monoisotopic (exact) mass is 467 g/mol. The van der Waals surface area contributed by atoms with Crippen LogP contribution >= 0.6 is 22.6 Å². The maximum atomic E-state index is 12.5. The Morgan fingerprint density at radius 1 is 1.31 bits per heavy atom. The Kier molecular flexibility index (Phi) is 6.13. The van der Waals surface area contributed by atoms with E-state index < -0.39 is 5.97 Å². The number of ketones is 1. The summed E-state index contributed by atoms with van der Waals surface area (Å²) in [5.41, 5.74) is 2.98. The molecule has 1 aliphatic rings. The predicted molar refractivity (Wildman–Crippen MR) is 107 cm³/mol. The maximum absolute atomic E-state index is 12.5. The summed E-state index contributed by atoms with van der Waals surface area (Å²) >= 11 is 2.13. The molecule has 1 aliphatic heterocycles. The van der Waals surface area contributed by atoms with Crippen molar-refractivity contribution in [3.8, 4) is 0 Å². The van der Waals surface area contributed by atoms with Crippen molar-refractivity contribution in [3.05, 3.63) is 56.4 Å². The van der Waals surface area contributed by atoms with Crippen LogP contribution in [0.4, 0.5) is 0 Å². The first-order valence-corrected chi connectivity index (χ1v) is 9.78. The average molecular weight is 467 g/mol. The zero-order valence-corrected chi connectivity index (χ0v) is 17.1. The Morgan fingerprint density at radius 3 is 2.81 bits per heavy atom. The van der Waals surface area contributed by atoms with Crippen LogP contribution in [0.3, 0.4) is 0 Å². The fraction of sp³-hybridized carbons (Fsp3) is 0.400. The summed E-state index contributed by atoms with van der Waals surface area (Å²) in [6, 6.07) is 8.97. The Labute approximate surface area is 166 Å². The zero-order chi connectivity index (χ0) is 18.7. The summed E-state index contributed by atoms with van der Waals surface area (Å²) in [7, 11) is 0. The van der Waals surface area contributed by atoms with Gasteiger partial charge in [-0.3, -0.25) is 4.79 Å². The van der Waals surface area contributed by atoms with Crippen LogP contribution < -0.4 is 0 Å². The van der Waals surface area contributed by atoms with Gasteiger partial charge in [-0.15, -0.1) is 0 Å². The van der Waals surface area contributed by atoms with E-state index in [0.29, 0.717) is 11.1 Å². The Hall–Kier alpha value is -1.67. The van der Waals surface area contributed by atoms with Crippen LogP contribution in [0.5, 0.6) is 0 Å². The van der Waals surface area contributed by atoms with Crippen molar-refractivity contribution in [2.24, 2.45) is 0 Å². The minimum absolute atomic E-state index is 0.185. The highest BCUT2D eigenvalue weighted by molar-refractivity contribution is 14.1. The molecule has 1 saturated heterocycles. The number of rotatable bonds is 6. The molecule has 0 spiro atoms. The van der Waals surface area contributed by atoms with Crippen LogP contribution in [0, 0.1) is 17.4 Å². The molecule has 26 heavy (non-hydrogen) atoms. The molecule has 0 bridgehead atoms. The van der Waals surface area contributed by atoms with E-state index in [1.54, 1.807) is 18.2 Å². The molecule has 1 fully saturated rings. The Morgan fingerprint density at radius 2 is 2.12 bits per heavy atom. The number of aryl methyl sites for hydroxylation is 1. The van der Waals surface area contributed by atoms with Gasteiger partial charge in [0.05, 0.1) is 11.7 Å². The molecule has 0 radical (unpaired) electrons. The smallest absolute Gasteiger partial charge is 0.338 e. The molecular formula is C20H22INO4. The highest BCUT2D eigenvalue weighted by Crippen LogP contribution is 2.21. The Bertz CT molecular complexity index is 821. The van der Waals surface area contributed by atoms with Gasteiger partial charge in [-0.2, -0.15) is 0 Å². The molecule has 2 heterocycles. The van der Waals surface area contributed by atoms with Crippen molar-refractivity contribution in [1.82, 2.24) is 4.57 Å².